The molecule has 0 bridgehead atoms. The highest BCUT2D eigenvalue weighted by molar-refractivity contribution is 5.76. The van der Waals surface area contributed by atoms with Crippen molar-refractivity contribution >= 4 is 5.91 Å². The van der Waals surface area contributed by atoms with Gasteiger partial charge >= 0.3 is 0 Å². The molecule has 24 heavy (non-hydrogen) atoms. The molecule has 0 unspecified atom stereocenters. The molecule has 1 amide bonds. The number of ether oxygens (including phenoxy) is 1. The number of para-hydroxylation sites is 1. The Morgan fingerprint density at radius 1 is 1.08 bits per heavy atom. The van der Waals surface area contributed by atoms with Crippen LogP contribution >= 0.6 is 0 Å². The van der Waals surface area contributed by atoms with Crippen molar-refractivity contribution in [3.05, 3.63) is 65.7 Å². The molecule has 1 aliphatic rings. The van der Waals surface area contributed by atoms with Crippen molar-refractivity contribution in [3.8, 4) is 5.75 Å². The van der Waals surface area contributed by atoms with E-state index in [1.807, 2.05) is 30.3 Å². The molecule has 1 N–H and O–H groups in total. The third kappa shape index (κ3) is 3.61. The minimum absolute atomic E-state index is 0.0367. The fraction of sp³-hybridized carbons (Fsp3) is 0.381. The molecular formula is C21H25NO2. The van der Waals surface area contributed by atoms with Gasteiger partial charge in [0.2, 0.25) is 5.91 Å². The van der Waals surface area contributed by atoms with Gasteiger partial charge in [-0.3, -0.25) is 4.79 Å². The zero-order valence-corrected chi connectivity index (χ0v) is 14.3. The summed E-state index contributed by atoms with van der Waals surface area (Å²) in [6, 6.07) is 18.3. The highest BCUT2D eigenvalue weighted by Gasteiger charge is 2.40. The molecule has 0 heterocycles. The Labute approximate surface area is 144 Å². The fourth-order valence-corrected chi connectivity index (χ4v) is 3.49. The molecule has 2 aromatic carbocycles. The number of carbonyl (C=O) groups excluding carboxylic acids is 1. The quantitative estimate of drug-likeness (QED) is 0.840. The summed E-state index contributed by atoms with van der Waals surface area (Å²) < 4.78 is 5.53. The van der Waals surface area contributed by atoms with E-state index in [-0.39, 0.29) is 11.3 Å². The molecular weight excluding hydrogens is 298 g/mol. The Morgan fingerprint density at radius 3 is 2.46 bits per heavy atom. The van der Waals surface area contributed by atoms with Crippen LogP contribution in [0.2, 0.25) is 0 Å². The third-order valence-corrected chi connectivity index (χ3v) is 5.10. The first-order valence-corrected chi connectivity index (χ1v) is 8.68. The van der Waals surface area contributed by atoms with E-state index < -0.39 is 0 Å². The molecule has 3 nitrogen and oxygen atoms in total. The number of hydrogen-bond donors (Lipinski definition) is 1. The summed E-state index contributed by atoms with van der Waals surface area (Å²) in [5.41, 5.74) is 2.47. The molecule has 0 saturated heterocycles. The van der Waals surface area contributed by atoms with Gasteiger partial charge in [-0.05, 0) is 30.9 Å². The Balaban J connectivity index is 1.58. The maximum Gasteiger partial charge on any atom is 0.220 e. The summed E-state index contributed by atoms with van der Waals surface area (Å²) in [4.78, 5) is 12.2. The van der Waals surface area contributed by atoms with Crippen LogP contribution in [0.1, 0.15) is 36.8 Å². The van der Waals surface area contributed by atoms with Gasteiger partial charge in [-0.1, -0.05) is 55.0 Å². The summed E-state index contributed by atoms with van der Waals surface area (Å²) in [6.45, 7) is 0.695. The summed E-state index contributed by atoms with van der Waals surface area (Å²) >= 11 is 0. The SMILES string of the molecule is COc1ccccc1C1(CNC(=O)CCc2ccccc2)CCC1. The van der Waals surface area contributed by atoms with Crippen LogP contribution in [0.4, 0.5) is 0 Å². The molecule has 0 aliphatic heterocycles. The van der Waals surface area contributed by atoms with Crippen molar-refractivity contribution in [1.29, 1.82) is 0 Å². The Morgan fingerprint density at radius 2 is 1.79 bits per heavy atom. The predicted molar refractivity (Wildman–Crippen MR) is 96.3 cm³/mol. The van der Waals surface area contributed by atoms with Crippen LogP contribution in [0.15, 0.2) is 54.6 Å². The molecule has 1 saturated carbocycles. The van der Waals surface area contributed by atoms with Gasteiger partial charge in [0.05, 0.1) is 7.11 Å². The smallest absolute Gasteiger partial charge is 0.220 e. The monoisotopic (exact) mass is 323 g/mol. The topological polar surface area (TPSA) is 38.3 Å². The molecule has 0 aromatic heterocycles. The van der Waals surface area contributed by atoms with E-state index in [0.29, 0.717) is 13.0 Å². The lowest BCUT2D eigenvalue weighted by molar-refractivity contribution is -0.121. The maximum absolute atomic E-state index is 12.2. The van der Waals surface area contributed by atoms with E-state index in [9.17, 15) is 4.79 Å². The summed E-state index contributed by atoms with van der Waals surface area (Å²) in [5, 5.41) is 3.15. The first-order valence-electron chi connectivity index (χ1n) is 8.68. The highest BCUT2D eigenvalue weighted by atomic mass is 16.5. The van der Waals surface area contributed by atoms with E-state index in [0.717, 1.165) is 25.0 Å². The van der Waals surface area contributed by atoms with Gasteiger partial charge in [0, 0.05) is 23.9 Å². The van der Waals surface area contributed by atoms with Gasteiger partial charge in [0.1, 0.15) is 5.75 Å². The van der Waals surface area contributed by atoms with Crippen molar-refractivity contribution in [1.82, 2.24) is 5.32 Å². The molecule has 0 atom stereocenters. The lowest BCUT2D eigenvalue weighted by atomic mass is 9.64. The number of rotatable bonds is 7. The lowest BCUT2D eigenvalue weighted by Crippen LogP contribution is -2.45. The van der Waals surface area contributed by atoms with Gasteiger partial charge in [-0.25, -0.2) is 0 Å². The average Bonchev–Trinajstić information content (AvgIpc) is 2.60. The number of amides is 1. The predicted octanol–water partition coefficient (Wildman–Crippen LogP) is 3.87. The number of nitrogens with one attached hydrogen (secondary N) is 1. The van der Waals surface area contributed by atoms with Crippen LogP contribution in [0.5, 0.6) is 5.75 Å². The largest absolute Gasteiger partial charge is 0.496 e. The van der Waals surface area contributed by atoms with E-state index in [1.54, 1.807) is 7.11 Å². The van der Waals surface area contributed by atoms with Crippen molar-refractivity contribution in [2.24, 2.45) is 0 Å². The highest BCUT2D eigenvalue weighted by Crippen LogP contribution is 2.46. The molecule has 0 radical (unpaired) electrons. The molecule has 1 aliphatic carbocycles. The van der Waals surface area contributed by atoms with E-state index in [2.05, 4.69) is 29.6 Å². The maximum atomic E-state index is 12.2. The molecule has 1 fully saturated rings. The summed E-state index contributed by atoms with van der Waals surface area (Å²) in [5.74, 6) is 1.05. The van der Waals surface area contributed by atoms with Crippen LogP contribution in [0.25, 0.3) is 0 Å². The van der Waals surface area contributed by atoms with Gasteiger partial charge < -0.3 is 10.1 Å². The van der Waals surface area contributed by atoms with Crippen molar-refractivity contribution in [2.45, 2.75) is 37.5 Å². The number of carbonyl (C=O) groups is 1. The van der Waals surface area contributed by atoms with Gasteiger partial charge in [0.25, 0.3) is 0 Å². The standard InChI is InChI=1S/C21H25NO2/c1-24-19-11-6-5-10-18(19)21(14-7-15-21)16-22-20(23)13-12-17-8-3-2-4-9-17/h2-6,8-11H,7,12-16H2,1H3,(H,22,23). The number of methoxy groups -OCH3 is 1. The number of aryl methyl sites for hydroxylation is 1. The Hall–Kier alpha value is -2.29. The number of benzene rings is 2. The van der Waals surface area contributed by atoms with Crippen LogP contribution in [0.3, 0.4) is 0 Å². The molecule has 3 rings (SSSR count). The summed E-state index contributed by atoms with van der Waals surface area (Å²) in [7, 11) is 1.71. The first-order chi connectivity index (χ1) is 11.7. The lowest BCUT2D eigenvalue weighted by Gasteiger charge is -2.43. The third-order valence-electron chi connectivity index (χ3n) is 5.10. The van der Waals surface area contributed by atoms with Crippen molar-refractivity contribution in [3.63, 3.8) is 0 Å². The van der Waals surface area contributed by atoms with E-state index in [4.69, 9.17) is 4.74 Å². The zero-order chi connectivity index (χ0) is 16.8. The Kier molecular flexibility index (Phi) is 5.19. The van der Waals surface area contributed by atoms with E-state index in [1.165, 1.54) is 17.5 Å². The van der Waals surface area contributed by atoms with E-state index >= 15 is 0 Å². The fourth-order valence-electron chi connectivity index (χ4n) is 3.49. The summed E-state index contributed by atoms with van der Waals surface area (Å²) in [6.07, 6.45) is 4.73. The van der Waals surface area contributed by atoms with Crippen molar-refractivity contribution < 1.29 is 9.53 Å². The van der Waals surface area contributed by atoms with Crippen molar-refractivity contribution in [2.75, 3.05) is 13.7 Å². The van der Waals surface area contributed by atoms with Gasteiger partial charge in [-0.2, -0.15) is 0 Å². The van der Waals surface area contributed by atoms with Gasteiger partial charge in [-0.15, -0.1) is 0 Å². The first kappa shape index (κ1) is 16.6. The Bertz CT molecular complexity index is 677. The molecule has 3 heteroatoms. The van der Waals surface area contributed by atoms with Crippen LogP contribution in [0, 0.1) is 0 Å². The number of hydrogen-bond acceptors (Lipinski definition) is 2. The molecule has 2 aromatic rings. The van der Waals surface area contributed by atoms with Gasteiger partial charge in [0.15, 0.2) is 0 Å². The second-order valence-electron chi connectivity index (χ2n) is 6.60. The second-order valence-corrected chi connectivity index (χ2v) is 6.60. The normalized spacial score (nSPS) is 15.4. The minimum Gasteiger partial charge on any atom is -0.496 e. The average molecular weight is 323 g/mol. The van der Waals surface area contributed by atoms with Crippen LogP contribution < -0.4 is 10.1 Å². The van der Waals surface area contributed by atoms with Crippen LogP contribution in [-0.4, -0.2) is 19.6 Å². The zero-order valence-electron chi connectivity index (χ0n) is 14.3. The molecule has 0 spiro atoms. The molecule has 126 valence electrons. The minimum atomic E-state index is 0.0367. The second kappa shape index (κ2) is 7.52. The van der Waals surface area contributed by atoms with Crippen LogP contribution in [-0.2, 0) is 16.6 Å².